The molecule has 4 saturated carbocycles. The highest BCUT2D eigenvalue weighted by molar-refractivity contribution is 8.18. The fourth-order valence-corrected chi connectivity index (χ4v) is 7.43. The van der Waals surface area contributed by atoms with Crippen molar-refractivity contribution in [3.8, 4) is 17.2 Å². The molecule has 1 aliphatic heterocycles. The zero-order valence-electron chi connectivity index (χ0n) is 17.6. The lowest BCUT2D eigenvalue weighted by molar-refractivity contribution is -0.136. The topological polar surface area (TPSA) is 65.1 Å². The molecule has 0 atom stereocenters. The summed E-state index contributed by atoms with van der Waals surface area (Å²) in [6, 6.07) is 3.50. The molecule has 160 valence electrons. The van der Waals surface area contributed by atoms with E-state index in [0.29, 0.717) is 45.5 Å². The van der Waals surface area contributed by atoms with E-state index in [-0.39, 0.29) is 16.7 Å². The van der Waals surface area contributed by atoms with Gasteiger partial charge in [-0.1, -0.05) is 0 Å². The smallest absolute Gasteiger partial charge is 0.294 e. The molecule has 5 aliphatic rings. The Balaban J connectivity index is 1.50. The maximum absolute atomic E-state index is 13.5. The number of rotatable bonds is 5. The molecule has 0 radical (unpaired) electrons. The van der Waals surface area contributed by atoms with Gasteiger partial charge in [-0.3, -0.25) is 14.5 Å². The minimum absolute atomic E-state index is 0.139. The molecule has 1 saturated heterocycles. The van der Waals surface area contributed by atoms with E-state index in [1.807, 2.05) is 0 Å². The van der Waals surface area contributed by atoms with Crippen molar-refractivity contribution in [1.82, 2.24) is 4.90 Å². The molecule has 6 nitrogen and oxygen atoms in total. The third kappa shape index (κ3) is 3.01. The largest absolute Gasteiger partial charge is 0.496 e. The summed E-state index contributed by atoms with van der Waals surface area (Å²) >= 11 is 1.03. The summed E-state index contributed by atoms with van der Waals surface area (Å²) in [6.07, 6.45) is 8.45. The molecule has 1 aromatic rings. The Morgan fingerprint density at radius 3 is 1.93 bits per heavy atom. The van der Waals surface area contributed by atoms with Crippen LogP contribution in [0.2, 0.25) is 0 Å². The van der Waals surface area contributed by atoms with Crippen LogP contribution >= 0.6 is 11.8 Å². The van der Waals surface area contributed by atoms with Crippen LogP contribution in [0.3, 0.4) is 0 Å². The maximum atomic E-state index is 13.5. The Bertz CT molecular complexity index is 879. The van der Waals surface area contributed by atoms with Crippen molar-refractivity contribution >= 4 is 29.0 Å². The molecule has 6 rings (SSSR count). The predicted molar refractivity (Wildman–Crippen MR) is 115 cm³/mol. The molecule has 7 heteroatoms. The third-order valence-electron chi connectivity index (χ3n) is 7.30. The summed E-state index contributed by atoms with van der Waals surface area (Å²) in [5.74, 6) is 3.49. The molecule has 1 heterocycles. The number of thioether (sulfide) groups is 1. The summed E-state index contributed by atoms with van der Waals surface area (Å²) in [5, 5.41) is -0.139. The van der Waals surface area contributed by atoms with Crippen molar-refractivity contribution < 1.29 is 23.8 Å². The summed E-state index contributed by atoms with van der Waals surface area (Å²) < 4.78 is 16.3. The average Bonchev–Trinajstić information content (AvgIpc) is 3.00. The van der Waals surface area contributed by atoms with Crippen LogP contribution in [0.25, 0.3) is 6.08 Å². The van der Waals surface area contributed by atoms with E-state index in [4.69, 9.17) is 14.2 Å². The Morgan fingerprint density at radius 2 is 1.47 bits per heavy atom. The molecule has 2 amide bonds. The predicted octanol–water partition coefficient (Wildman–Crippen LogP) is 4.72. The summed E-state index contributed by atoms with van der Waals surface area (Å²) in [7, 11) is 4.70. The van der Waals surface area contributed by atoms with Crippen molar-refractivity contribution in [2.24, 2.45) is 17.8 Å². The molecule has 0 N–H and O–H groups in total. The minimum Gasteiger partial charge on any atom is -0.496 e. The monoisotopic (exact) mass is 429 g/mol. The van der Waals surface area contributed by atoms with Crippen molar-refractivity contribution in [3.63, 3.8) is 0 Å². The Hall–Kier alpha value is -2.15. The molecule has 4 aliphatic carbocycles. The van der Waals surface area contributed by atoms with Crippen LogP contribution in [0.15, 0.2) is 17.0 Å². The number of hydrogen-bond donors (Lipinski definition) is 0. The molecular weight excluding hydrogens is 402 g/mol. The average molecular weight is 430 g/mol. The zero-order chi connectivity index (χ0) is 21.0. The maximum Gasteiger partial charge on any atom is 0.294 e. The second kappa shape index (κ2) is 7.22. The van der Waals surface area contributed by atoms with E-state index in [2.05, 4.69) is 0 Å². The molecule has 0 spiro atoms. The van der Waals surface area contributed by atoms with Crippen molar-refractivity contribution in [2.45, 2.75) is 44.1 Å². The normalized spacial score (nSPS) is 33.5. The van der Waals surface area contributed by atoms with Gasteiger partial charge in [0, 0.05) is 12.1 Å². The van der Waals surface area contributed by atoms with Crippen molar-refractivity contribution in [2.75, 3.05) is 21.3 Å². The Labute approximate surface area is 180 Å². The molecule has 5 fully saturated rings. The van der Waals surface area contributed by atoms with Gasteiger partial charge < -0.3 is 14.2 Å². The van der Waals surface area contributed by atoms with Gasteiger partial charge in [0.1, 0.15) is 17.2 Å². The lowest BCUT2D eigenvalue weighted by Gasteiger charge is -2.58. The van der Waals surface area contributed by atoms with Gasteiger partial charge in [-0.25, -0.2) is 0 Å². The highest BCUT2D eigenvalue weighted by Crippen LogP contribution is 2.59. The number of carbonyl (C=O) groups excluding carboxylic acids is 2. The number of benzene rings is 1. The zero-order valence-corrected chi connectivity index (χ0v) is 18.4. The molecule has 1 aromatic carbocycles. The van der Waals surface area contributed by atoms with Gasteiger partial charge in [-0.05, 0) is 74.1 Å². The first-order valence-electron chi connectivity index (χ1n) is 10.5. The summed E-state index contributed by atoms with van der Waals surface area (Å²) in [6.45, 7) is 0. The van der Waals surface area contributed by atoms with E-state index in [0.717, 1.165) is 31.0 Å². The van der Waals surface area contributed by atoms with Gasteiger partial charge in [0.15, 0.2) is 0 Å². The van der Waals surface area contributed by atoms with Gasteiger partial charge in [0.25, 0.3) is 11.1 Å². The Morgan fingerprint density at radius 1 is 0.933 bits per heavy atom. The van der Waals surface area contributed by atoms with Crippen LogP contribution in [0.5, 0.6) is 17.2 Å². The molecule has 30 heavy (non-hydrogen) atoms. The van der Waals surface area contributed by atoms with E-state index < -0.39 is 0 Å². The first-order chi connectivity index (χ1) is 14.5. The standard InChI is InChI=1S/C23H27NO5S/c1-27-16-7-18(28-2)17(19(8-16)29-3)9-20-21(25)24(22(26)30-20)23-10-13-4-14(11-23)6-15(5-13)12-23/h7-9,13-15H,4-6,10-12H2,1-3H3. The van der Waals surface area contributed by atoms with Crippen LogP contribution in [0, 0.1) is 17.8 Å². The SMILES string of the molecule is COc1cc(OC)c(C=C2SC(=O)N(C34CC5CC(CC(C5)C3)C4)C2=O)c(OC)c1. The molecule has 0 unspecified atom stereocenters. The Kier molecular flexibility index (Phi) is 4.76. The molecule has 0 aromatic heterocycles. The van der Waals surface area contributed by atoms with E-state index in [1.165, 1.54) is 19.3 Å². The van der Waals surface area contributed by atoms with Crippen molar-refractivity contribution in [1.29, 1.82) is 0 Å². The summed E-state index contributed by atoms with van der Waals surface area (Å²) in [4.78, 5) is 28.6. The van der Waals surface area contributed by atoms with Crippen LogP contribution in [0.1, 0.15) is 44.1 Å². The van der Waals surface area contributed by atoms with Crippen LogP contribution in [-0.2, 0) is 4.79 Å². The van der Waals surface area contributed by atoms with E-state index in [9.17, 15) is 9.59 Å². The number of carbonyl (C=O) groups is 2. The second-order valence-electron chi connectivity index (χ2n) is 9.10. The number of nitrogens with zero attached hydrogens (tertiary/aromatic N) is 1. The third-order valence-corrected chi connectivity index (χ3v) is 8.17. The van der Waals surface area contributed by atoms with Crippen LogP contribution < -0.4 is 14.2 Å². The lowest BCUT2D eigenvalue weighted by Crippen LogP contribution is -2.61. The van der Waals surface area contributed by atoms with E-state index >= 15 is 0 Å². The first kappa shape index (κ1) is 19.8. The van der Waals surface area contributed by atoms with Crippen LogP contribution in [-0.4, -0.2) is 42.9 Å². The first-order valence-corrected chi connectivity index (χ1v) is 11.4. The van der Waals surface area contributed by atoms with E-state index in [1.54, 1.807) is 44.4 Å². The van der Waals surface area contributed by atoms with Gasteiger partial charge in [0.2, 0.25) is 0 Å². The highest BCUT2D eigenvalue weighted by Gasteiger charge is 2.58. The fraction of sp³-hybridized carbons (Fsp3) is 0.565. The van der Waals surface area contributed by atoms with Gasteiger partial charge in [-0.15, -0.1) is 0 Å². The van der Waals surface area contributed by atoms with Gasteiger partial charge in [-0.2, -0.15) is 0 Å². The molecule has 4 bridgehead atoms. The van der Waals surface area contributed by atoms with Gasteiger partial charge in [0.05, 0.1) is 37.3 Å². The second-order valence-corrected chi connectivity index (χ2v) is 10.1. The number of methoxy groups -OCH3 is 3. The lowest BCUT2D eigenvalue weighted by atomic mass is 9.52. The number of hydrogen-bond acceptors (Lipinski definition) is 6. The number of imide groups is 1. The highest BCUT2D eigenvalue weighted by atomic mass is 32.2. The van der Waals surface area contributed by atoms with Crippen molar-refractivity contribution in [3.05, 3.63) is 22.6 Å². The quantitative estimate of drug-likeness (QED) is 0.631. The summed E-state index contributed by atoms with van der Waals surface area (Å²) in [5.41, 5.74) is 0.358. The fourth-order valence-electron chi connectivity index (χ4n) is 6.52. The minimum atomic E-state index is -0.278. The number of ether oxygens (including phenoxy) is 3. The molecular formula is C23H27NO5S. The van der Waals surface area contributed by atoms with Gasteiger partial charge >= 0.3 is 0 Å². The van der Waals surface area contributed by atoms with Crippen LogP contribution in [0.4, 0.5) is 4.79 Å². The number of amides is 2.